The molecule has 1 saturated heterocycles. The van der Waals surface area contributed by atoms with Crippen LogP contribution in [0.2, 0.25) is 0 Å². The van der Waals surface area contributed by atoms with E-state index in [9.17, 15) is 4.79 Å². The topological polar surface area (TPSA) is 56.7 Å². The molecule has 1 heterocycles. The normalized spacial score (nSPS) is 18.4. The zero-order valence-corrected chi connectivity index (χ0v) is 13.5. The van der Waals surface area contributed by atoms with Gasteiger partial charge in [-0.05, 0) is 18.4 Å². The Balaban J connectivity index is 1.84. The van der Waals surface area contributed by atoms with Crippen molar-refractivity contribution < 1.29 is 4.79 Å². The third-order valence-electron chi connectivity index (χ3n) is 3.95. The average Bonchev–Trinajstić information content (AvgIpc) is 3.04. The first kappa shape index (κ1) is 16.3. The van der Waals surface area contributed by atoms with Crippen molar-refractivity contribution >= 4 is 11.9 Å². The largest absolute Gasteiger partial charge is 0.355 e. The van der Waals surface area contributed by atoms with Crippen LogP contribution < -0.4 is 10.6 Å². The molecule has 2 N–H and O–H groups in total. The fraction of sp³-hybridized carbons (Fsp3) is 0.529. The second-order valence-electron chi connectivity index (χ2n) is 5.59. The molecule has 22 heavy (non-hydrogen) atoms. The Labute approximate surface area is 132 Å². The Hall–Kier alpha value is -2.04. The summed E-state index contributed by atoms with van der Waals surface area (Å²) < 4.78 is 0. The van der Waals surface area contributed by atoms with Crippen molar-refractivity contribution in [1.29, 1.82) is 0 Å². The van der Waals surface area contributed by atoms with Crippen LogP contribution >= 0.6 is 0 Å². The quantitative estimate of drug-likeness (QED) is 0.641. The molecule has 0 spiro atoms. The fourth-order valence-electron chi connectivity index (χ4n) is 2.77. The first-order valence-electron chi connectivity index (χ1n) is 8.01. The summed E-state index contributed by atoms with van der Waals surface area (Å²) in [6.45, 7) is 4.95. The van der Waals surface area contributed by atoms with Gasteiger partial charge in [0.25, 0.3) is 0 Å². The zero-order chi connectivity index (χ0) is 15.8. The van der Waals surface area contributed by atoms with Crippen LogP contribution in [0.1, 0.15) is 31.2 Å². The third kappa shape index (κ3) is 4.48. The van der Waals surface area contributed by atoms with Crippen LogP contribution in [0.4, 0.5) is 0 Å². The number of nitrogens with zero attached hydrogens (tertiary/aromatic N) is 2. The van der Waals surface area contributed by atoms with E-state index in [4.69, 9.17) is 0 Å². The number of guanidine groups is 1. The zero-order valence-electron chi connectivity index (χ0n) is 13.5. The Bertz CT molecular complexity index is 501. The SMILES string of the molecule is CCCNC(=O)CNC(=NC)N1CCC(c2ccccc2)C1. The highest BCUT2D eigenvalue weighted by atomic mass is 16.1. The molecule has 2 rings (SSSR count). The minimum atomic E-state index is 0.0156. The molecule has 1 aliphatic rings. The van der Waals surface area contributed by atoms with E-state index in [1.807, 2.05) is 13.0 Å². The van der Waals surface area contributed by atoms with E-state index in [0.29, 0.717) is 5.92 Å². The molecule has 1 aliphatic heterocycles. The van der Waals surface area contributed by atoms with Gasteiger partial charge >= 0.3 is 0 Å². The molecule has 0 bridgehead atoms. The van der Waals surface area contributed by atoms with Crippen LogP contribution in [0.15, 0.2) is 35.3 Å². The van der Waals surface area contributed by atoms with Crippen molar-refractivity contribution in [3.05, 3.63) is 35.9 Å². The highest BCUT2D eigenvalue weighted by molar-refractivity contribution is 5.86. The Morgan fingerprint density at radius 2 is 2.09 bits per heavy atom. The standard InChI is InChI=1S/C17H26N4O/c1-3-10-19-16(22)12-20-17(18-2)21-11-9-15(13-21)14-7-5-4-6-8-14/h4-8,15H,3,9-13H2,1-2H3,(H,18,20)(H,19,22). The van der Waals surface area contributed by atoms with E-state index in [-0.39, 0.29) is 12.5 Å². The van der Waals surface area contributed by atoms with E-state index in [0.717, 1.165) is 38.4 Å². The first-order chi connectivity index (χ1) is 10.7. The van der Waals surface area contributed by atoms with Gasteiger partial charge in [0, 0.05) is 32.6 Å². The lowest BCUT2D eigenvalue weighted by Gasteiger charge is -2.21. The number of benzene rings is 1. The number of nitrogens with one attached hydrogen (secondary N) is 2. The number of likely N-dealkylation sites (tertiary alicyclic amines) is 1. The molecule has 5 nitrogen and oxygen atoms in total. The van der Waals surface area contributed by atoms with Gasteiger partial charge in [-0.2, -0.15) is 0 Å². The minimum Gasteiger partial charge on any atom is -0.355 e. The number of hydrogen-bond donors (Lipinski definition) is 2. The molecule has 0 radical (unpaired) electrons. The summed E-state index contributed by atoms with van der Waals surface area (Å²) in [6.07, 6.45) is 2.07. The van der Waals surface area contributed by atoms with E-state index < -0.39 is 0 Å². The molecule has 0 saturated carbocycles. The summed E-state index contributed by atoms with van der Waals surface area (Å²) in [5.41, 5.74) is 1.38. The lowest BCUT2D eigenvalue weighted by atomic mass is 9.99. The van der Waals surface area contributed by atoms with Gasteiger partial charge in [0.05, 0.1) is 6.54 Å². The van der Waals surface area contributed by atoms with Gasteiger partial charge in [0.1, 0.15) is 0 Å². The van der Waals surface area contributed by atoms with E-state index in [1.165, 1.54) is 5.56 Å². The molecular weight excluding hydrogens is 276 g/mol. The monoisotopic (exact) mass is 302 g/mol. The van der Waals surface area contributed by atoms with Gasteiger partial charge in [-0.15, -0.1) is 0 Å². The van der Waals surface area contributed by atoms with Crippen LogP contribution in [-0.4, -0.2) is 50.0 Å². The van der Waals surface area contributed by atoms with Crippen LogP contribution in [0.5, 0.6) is 0 Å². The summed E-state index contributed by atoms with van der Waals surface area (Å²) in [5.74, 6) is 1.36. The first-order valence-corrected chi connectivity index (χ1v) is 8.01. The van der Waals surface area contributed by atoms with Crippen molar-refractivity contribution in [1.82, 2.24) is 15.5 Å². The van der Waals surface area contributed by atoms with Gasteiger partial charge in [0.15, 0.2) is 5.96 Å². The molecule has 0 aromatic heterocycles. The van der Waals surface area contributed by atoms with Gasteiger partial charge in [-0.3, -0.25) is 9.79 Å². The van der Waals surface area contributed by atoms with Crippen LogP contribution in [0.25, 0.3) is 0 Å². The number of aliphatic imine (C=N–C) groups is 1. The summed E-state index contributed by atoms with van der Waals surface area (Å²) in [4.78, 5) is 18.2. The third-order valence-corrected chi connectivity index (χ3v) is 3.95. The molecule has 1 atom stereocenters. The van der Waals surface area contributed by atoms with Gasteiger partial charge in [0.2, 0.25) is 5.91 Å². The van der Waals surface area contributed by atoms with Crippen LogP contribution in [0.3, 0.4) is 0 Å². The van der Waals surface area contributed by atoms with Crippen LogP contribution in [0, 0.1) is 0 Å². The maximum absolute atomic E-state index is 11.7. The lowest BCUT2D eigenvalue weighted by Crippen LogP contribution is -2.44. The summed E-state index contributed by atoms with van der Waals surface area (Å²) in [6, 6.07) is 10.6. The van der Waals surface area contributed by atoms with Gasteiger partial charge in [-0.1, -0.05) is 37.3 Å². The van der Waals surface area contributed by atoms with Gasteiger partial charge in [-0.25, -0.2) is 0 Å². The molecule has 5 heteroatoms. The molecule has 1 aromatic carbocycles. The summed E-state index contributed by atoms with van der Waals surface area (Å²) >= 11 is 0. The number of carbonyl (C=O) groups is 1. The van der Waals surface area contributed by atoms with E-state index in [1.54, 1.807) is 7.05 Å². The predicted molar refractivity (Wildman–Crippen MR) is 90.0 cm³/mol. The molecule has 1 amide bonds. The number of amides is 1. The maximum atomic E-state index is 11.7. The molecule has 1 unspecified atom stereocenters. The van der Waals surface area contributed by atoms with Crippen molar-refractivity contribution in [2.75, 3.05) is 33.2 Å². The highest BCUT2D eigenvalue weighted by Gasteiger charge is 2.25. The molecule has 1 aromatic rings. The van der Waals surface area contributed by atoms with Crippen molar-refractivity contribution in [3.63, 3.8) is 0 Å². The highest BCUT2D eigenvalue weighted by Crippen LogP contribution is 2.26. The summed E-state index contributed by atoms with van der Waals surface area (Å²) in [7, 11) is 1.77. The molecule has 0 aliphatic carbocycles. The van der Waals surface area contributed by atoms with Crippen LogP contribution in [-0.2, 0) is 4.79 Å². The van der Waals surface area contributed by atoms with Crippen molar-refractivity contribution in [3.8, 4) is 0 Å². The number of rotatable bonds is 5. The minimum absolute atomic E-state index is 0.0156. The fourth-order valence-corrected chi connectivity index (χ4v) is 2.77. The van der Waals surface area contributed by atoms with E-state index in [2.05, 4.69) is 44.8 Å². The summed E-state index contributed by atoms with van der Waals surface area (Å²) in [5, 5.41) is 6.02. The van der Waals surface area contributed by atoms with Crippen molar-refractivity contribution in [2.24, 2.45) is 4.99 Å². The Morgan fingerprint density at radius 1 is 1.32 bits per heavy atom. The predicted octanol–water partition coefficient (Wildman–Crippen LogP) is 1.58. The Kier molecular flexibility index (Phi) is 6.25. The Morgan fingerprint density at radius 3 is 2.77 bits per heavy atom. The lowest BCUT2D eigenvalue weighted by molar-refractivity contribution is -0.120. The average molecular weight is 302 g/mol. The van der Waals surface area contributed by atoms with Crippen molar-refractivity contribution in [2.45, 2.75) is 25.7 Å². The molecular formula is C17H26N4O. The maximum Gasteiger partial charge on any atom is 0.239 e. The smallest absolute Gasteiger partial charge is 0.239 e. The van der Waals surface area contributed by atoms with Gasteiger partial charge < -0.3 is 15.5 Å². The molecule has 120 valence electrons. The number of hydrogen-bond acceptors (Lipinski definition) is 2. The second kappa shape index (κ2) is 8.41. The van der Waals surface area contributed by atoms with E-state index >= 15 is 0 Å². The second-order valence-corrected chi connectivity index (χ2v) is 5.59. The molecule has 1 fully saturated rings. The number of carbonyl (C=O) groups excluding carboxylic acids is 1.